The molecule has 2 aromatic carbocycles. The second-order valence-electron chi connectivity index (χ2n) is 5.02. The first-order chi connectivity index (χ1) is 11.1. The molecule has 6 heteroatoms. The Labute approximate surface area is 134 Å². The summed E-state index contributed by atoms with van der Waals surface area (Å²) in [7, 11) is 0. The molecule has 1 N–H and O–H groups in total. The van der Waals surface area contributed by atoms with Crippen LogP contribution in [0, 0.1) is 0 Å². The van der Waals surface area contributed by atoms with Gasteiger partial charge in [0.15, 0.2) is 5.78 Å². The number of hydrogen-bond acceptors (Lipinski definition) is 4. The Kier molecular flexibility index (Phi) is 5.74. The monoisotopic (exact) mass is 311 g/mol. The maximum Gasteiger partial charge on any atom is 0.159 e. The van der Waals surface area contributed by atoms with E-state index >= 15 is 0 Å². The number of ether oxygens (including phenoxy) is 1. The predicted molar refractivity (Wildman–Crippen MR) is 86.3 cm³/mol. The van der Waals surface area contributed by atoms with E-state index in [1.807, 2.05) is 18.2 Å². The summed E-state index contributed by atoms with van der Waals surface area (Å²) in [5.74, 6) is 0.505. The summed E-state index contributed by atoms with van der Waals surface area (Å²) >= 11 is 0. The molecule has 0 aromatic heterocycles. The molecular weight excluding hydrogens is 294 g/mol. The Bertz CT molecular complexity index is 695. The van der Waals surface area contributed by atoms with Gasteiger partial charge in [-0.3, -0.25) is 4.79 Å². The number of carbonyl (C=O) groups excluding carboxylic acids is 1. The zero-order valence-electron chi connectivity index (χ0n) is 12.7. The first-order valence-corrected chi connectivity index (χ1v) is 7.13. The van der Waals surface area contributed by atoms with E-state index in [-0.39, 0.29) is 12.4 Å². The van der Waals surface area contributed by atoms with Crippen LogP contribution in [0.3, 0.4) is 0 Å². The lowest BCUT2D eigenvalue weighted by Crippen LogP contribution is -2.24. The van der Waals surface area contributed by atoms with Gasteiger partial charge < -0.3 is 9.84 Å². The molecule has 118 valence electrons. The average molecular weight is 311 g/mol. The zero-order chi connectivity index (χ0) is 16.7. The fourth-order valence-electron chi connectivity index (χ4n) is 2.13. The number of hydrogen-bond donors (Lipinski definition) is 1. The number of ketones is 1. The quantitative estimate of drug-likeness (QED) is 0.365. The highest BCUT2D eigenvalue weighted by atomic mass is 16.5. The van der Waals surface area contributed by atoms with E-state index in [4.69, 9.17) is 10.3 Å². The van der Waals surface area contributed by atoms with Gasteiger partial charge in [-0.25, -0.2) is 0 Å². The smallest absolute Gasteiger partial charge is 0.159 e. The molecule has 0 amide bonds. The van der Waals surface area contributed by atoms with Crippen LogP contribution in [0.2, 0.25) is 0 Å². The normalized spacial score (nSPS) is 12.8. The zero-order valence-corrected chi connectivity index (χ0v) is 12.7. The SMILES string of the molecule is CC(=O)c1ccc(OC[C@H](O)[C@H](N=[N+]=[N-])c2ccccc2)cc1. The summed E-state index contributed by atoms with van der Waals surface area (Å²) in [6.07, 6.45) is -0.985. The van der Waals surface area contributed by atoms with E-state index in [0.717, 1.165) is 0 Å². The number of carbonyl (C=O) groups is 1. The summed E-state index contributed by atoms with van der Waals surface area (Å²) < 4.78 is 5.51. The van der Waals surface area contributed by atoms with Crippen LogP contribution in [0.1, 0.15) is 28.9 Å². The molecule has 0 aliphatic rings. The van der Waals surface area contributed by atoms with Crippen molar-refractivity contribution in [3.8, 4) is 5.75 Å². The summed E-state index contributed by atoms with van der Waals surface area (Å²) in [5, 5.41) is 13.9. The molecule has 2 aromatic rings. The molecule has 2 atom stereocenters. The van der Waals surface area contributed by atoms with Crippen LogP contribution in [0.5, 0.6) is 5.75 Å². The lowest BCUT2D eigenvalue weighted by atomic mass is 10.0. The van der Waals surface area contributed by atoms with Crippen molar-refractivity contribution in [2.24, 2.45) is 5.11 Å². The number of aliphatic hydroxyl groups is 1. The Hall–Kier alpha value is -2.82. The van der Waals surface area contributed by atoms with E-state index in [1.165, 1.54) is 6.92 Å². The highest BCUT2D eigenvalue weighted by Gasteiger charge is 2.20. The second-order valence-corrected chi connectivity index (χ2v) is 5.02. The molecule has 0 heterocycles. The summed E-state index contributed by atoms with van der Waals surface area (Å²) in [5.41, 5.74) is 10.00. The first kappa shape index (κ1) is 16.5. The lowest BCUT2D eigenvalue weighted by molar-refractivity contribution is 0.0852. The van der Waals surface area contributed by atoms with Crippen LogP contribution in [-0.4, -0.2) is 23.6 Å². The third-order valence-corrected chi connectivity index (χ3v) is 3.36. The van der Waals surface area contributed by atoms with Gasteiger partial charge in [-0.1, -0.05) is 35.4 Å². The van der Waals surface area contributed by atoms with Crippen molar-refractivity contribution in [3.63, 3.8) is 0 Å². The van der Waals surface area contributed by atoms with Crippen molar-refractivity contribution >= 4 is 5.78 Å². The number of benzene rings is 2. The number of rotatable bonds is 7. The van der Waals surface area contributed by atoms with Crippen molar-refractivity contribution in [3.05, 3.63) is 76.2 Å². The van der Waals surface area contributed by atoms with Crippen LogP contribution in [0.4, 0.5) is 0 Å². The Morgan fingerprint density at radius 2 is 1.87 bits per heavy atom. The Morgan fingerprint density at radius 1 is 1.22 bits per heavy atom. The molecule has 0 aliphatic carbocycles. The van der Waals surface area contributed by atoms with Crippen LogP contribution in [-0.2, 0) is 0 Å². The molecule has 0 aliphatic heterocycles. The lowest BCUT2D eigenvalue weighted by Gasteiger charge is -2.19. The van der Waals surface area contributed by atoms with Gasteiger partial charge in [0.1, 0.15) is 18.5 Å². The van der Waals surface area contributed by atoms with E-state index in [2.05, 4.69) is 10.0 Å². The van der Waals surface area contributed by atoms with E-state index in [1.54, 1.807) is 36.4 Å². The van der Waals surface area contributed by atoms with Gasteiger partial charge in [-0.05, 0) is 42.3 Å². The van der Waals surface area contributed by atoms with E-state index in [0.29, 0.717) is 16.9 Å². The van der Waals surface area contributed by atoms with Gasteiger partial charge in [-0.2, -0.15) is 0 Å². The van der Waals surface area contributed by atoms with Gasteiger partial charge in [-0.15, -0.1) is 0 Å². The maximum absolute atomic E-state index is 11.2. The molecule has 2 rings (SSSR count). The molecular formula is C17H17N3O3. The average Bonchev–Trinajstić information content (AvgIpc) is 2.58. The molecule has 0 radical (unpaired) electrons. The van der Waals surface area contributed by atoms with Gasteiger partial charge in [0, 0.05) is 10.5 Å². The van der Waals surface area contributed by atoms with Gasteiger partial charge in [0.2, 0.25) is 0 Å². The van der Waals surface area contributed by atoms with E-state index < -0.39 is 12.1 Å². The number of Topliss-reactive ketones (excluding diaryl/α,β-unsaturated/α-hetero) is 1. The summed E-state index contributed by atoms with van der Waals surface area (Å²) in [4.78, 5) is 14.0. The molecule has 0 spiro atoms. The Balaban J connectivity index is 2.03. The van der Waals surface area contributed by atoms with Crippen molar-refractivity contribution < 1.29 is 14.6 Å². The third kappa shape index (κ3) is 4.57. The molecule has 0 unspecified atom stereocenters. The van der Waals surface area contributed by atoms with Gasteiger partial charge in [0.25, 0.3) is 0 Å². The van der Waals surface area contributed by atoms with Gasteiger partial charge >= 0.3 is 0 Å². The standard InChI is InChI=1S/C17H17N3O3/c1-12(21)13-7-9-15(10-8-13)23-11-16(22)17(19-20-18)14-5-3-2-4-6-14/h2-10,16-17,22H,11H2,1H3/t16-,17+/m0/s1. The largest absolute Gasteiger partial charge is 0.491 e. The first-order valence-electron chi connectivity index (χ1n) is 7.13. The fourth-order valence-corrected chi connectivity index (χ4v) is 2.13. The molecule has 0 fully saturated rings. The van der Waals surface area contributed by atoms with Crippen molar-refractivity contribution in [1.82, 2.24) is 0 Å². The van der Waals surface area contributed by atoms with Crippen LogP contribution < -0.4 is 4.74 Å². The number of nitrogens with zero attached hydrogens (tertiary/aromatic N) is 3. The summed E-state index contributed by atoms with van der Waals surface area (Å²) in [6, 6.07) is 14.9. The van der Waals surface area contributed by atoms with Crippen molar-refractivity contribution in [1.29, 1.82) is 0 Å². The molecule has 6 nitrogen and oxygen atoms in total. The number of azide groups is 1. The molecule has 0 bridgehead atoms. The minimum atomic E-state index is -0.985. The highest BCUT2D eigenvalue weighted by Crippen LogP contribution is 2.22. The van der Waals surface area contributed by atoms with Crippen molar-refractivity contribution in [2.45, 2.75) is 19.1 Å². The third-order valence-electron chi connectivity index (χ3n) is 3.36. The maximum atomic E-state index is 11.2. The van der Waals surface area contributed by atoms with Crippen LogP contribution >= 0.6 is 0 Å². The van der Waals surface area contributed by atoms with Crippen LogP contribution in [0.25, 0.3) is 10.4 Å². The molecule has 0 saturated heterocycles. The second kappa shape index (κ2) is 7.98. The van der Waals surface area contributed by atoms with Crippen LogP contribution in [0.15, 0.2) is 59.7 Å². The fraction of sp³-hybridized carbons (Fsp3) is 0.235. The topological polar surface area (TPSA) is 95.3 Å². The Morgan fingerprint density at radius 3 is 2.43 bits per heavy atom. The molecule has 0 saturated carbocycles. The minimum Gasteiger partial charge on any atom is -0.491 e. The molecule has 23 heavy (non-hydrogen) atoms. The van der Waals surface area contributed by atoms with Crippen molar-refractivity contribution in [2.75, 3.05) is 6.61 Å². The van der Waals surface area contributed by atoms with E-state index in [9.17, 15) is 9.90 Å². The number of aliphatic hydroxyl groups excluding tert-OH is 1. The minimum absolute atomic E-state index is 0.0240. The summed E-state index contributed by atoms with van der Waals surface area (Å²) in [6.45, 7) is 1.46. The predicted octanol–water partition coefficient (Wildman–Crippen LogP) is 3.68. The van der Waals surface area contributed by atoms with Gasteiger partial charge in [0.05, 0.1) is 6.04 Å². The highest BCUT2D eigenvalue weighted by molar-refractivity contribution is 5.94.